The molecule has 0 aliphatic heterocycles. The van der Waals surface area contributed by atoms with E-state index in [0.29, 0.717) is 11.3 Å². The molecule has 0 saturated carbocycles. The standard InChI is InChI=1S/C15H16N2O2/c1-11-6-3-4-8-13(11)17-16-10-12-7-5-9-14(19-2)15(12)18/h3-10,17-18H,1-2H3. The number of methoxy groups -OCH3 is 1. The average Bonchev–Trinajstić information content (AvgIpc) is 2.43. The number of para-hydroxylation sites is 2. The summed E-state index contributed by atoms with van der Waals surface area (Å²) in [4.78, 5) is 0. The Kier molecular flexibility index (Phi) is 4.03. The number of anilines is 1. The maximum absolute atomic E-state index is 9.90. The van der Waals surface area contributed by atoms with Crippen molar-refractivity contribution in [2.24, 2.45) is 5.10 Å². The van der Waals surface area contributed by atoms with Crippen LogP contribution in [0, 0.1) is 6.92 Å². The van der Waals surface area contributed by atoms with Gasteiger partial charge in [0.2, 0.25) is 0 Å². The summed E-state index contributed by atoms with van der Waals surface area (Å²) < 4.78 is 5.04. The van der Waals surface area contributed by atoms with E-state index in [9.17, 15) is 5.11 Å². The molecule has 0 aliphatic rings. The van der Waals surface area contributed by atoms with Crippen LogP contribution < -0.4 is 10.2 Å². The topological polar surface area (TPSA) is 53.8 Å². The fourth-order valence-corrected chi connectivity index (χ4v) is 1.68. The number of ether oxygens (including phenoxy) is 1. The van der Waals surface area contributed by atoms with Crippen LogP contribution in [0.1, 0.15) is 11.1 Å². The first-order valence-electron chi connectivity index (χ1n) is 5.93. The van der Waals surface area contributed by atoms with Gasteiger partial charge < -0.3 is 9.84 Å². The average molecular weight is 256 g/mol. The van der Waals surface area contributed by atoms with Crippen molar-refractivity contribution in [2.75, 3.05) is 12.5 Å². The molecule has 0 radical (unpaired) electrons. The number of nitrogens with zero attached hydrogens (tertiary/aromatic N) is 1. The van der Waals surface area contributed by atoms with Crippen LogP contribution in [-0.4, -0.2) is 18.4 Å². The van der Waals surface area contributed by atoms with Crippen molar-refractivity contribution in [1.82, 2.24) is 0 Å². The Hall–Kier alpha value is -2.49. The molecule has 0 atom stereocenters. The summed E-state index contributed by atoms with van der Waals surface area (Å²) in [5.74, 6) is 0.514. The fraction of sp³-hybridized carbons (Fsp3) is 0.133. The highest BCUT2D eigenvalue weighted by atomic mass is 16.5. The third kappa shape index (κ3) is 3.04. The molecule has 2 rings (SSSR count). The lowest BCUT2D eigenvalue weighted by Crippen LogP contribution is -1.94. The Morgan fingerprint density at radius 1 is 1.16 bits per heavy atom. The van der Waals surface area contributed by atoms with E-state index in [0.717, 1.165) is 11.3 Å². The minimum Gasteiger partial charge on any atom is -0.504 e. The number of nitrogens with one attached hydrogen (secondary N) is 1. The Morgan fingerprint density at radius 3 is 2.68 bits per heavy atom. The Labute approximate surface area is 112 Å². The lowest BCUT2D eigenvalue weighted by atomic mass is 10.2. The largest absolute Gasteiger partial charge is 0.504 e. The molecule has 0 bridgehead atoms. The maximum Gasteiger partial charge on any atom is 0.166 e. The van der Waals surface area contributed by atoms with Crippen molar-refractivity contribution < 1.29 is 9.84 Å². The van der Waals surface area contributed by atoms with Gasteiger partial charge in [0.05, 0.1) is 19.0 Å². The molecule has 19 heavy (non-hydrogen) atoms. The lowest BCUT2D eigenvalue weighted by Gasteiger charge is -2.06. The van der Waals surface area contributed by atoms with E-state index in [2.05, 4.69) is 10.5 Å². The summed E-state index contributed by atoms with van der Waals surface area (Å²) in [6, 6.07) is 13.1. The van der Waals surface area contributed by atoms with E-state index in [-0.39, 0.29) is 5.75 Å². The molecule has 0 spiro atoms. The highest BCUT2D eigenvalue weighted by Gasteiger charge is 2.04. The second kappa shape index (κ2) is 5.91. The molecular formula is C15H16N2O2. The predicted octanol–water partition coefficient (Wildman–Crippen LogP) is 3.16. The van der Waals surface area contributed by atoms with Gasteiger partial charge in [0.1, 0.15) is 0 Å². The zero-order valence-corrected chi connectivity index (χ0v) is 10.9. The van der Waals surface area contributed by atoms with Gasteiger partial charge >= 0.3 is 0 Å². The third-order valence-electron chi connectivity index (χ3n) is 2.78. The number of aromatic hydroxyl groups is 1. The number of phenols is 1. The van der Waals surface area contributed by atoms with Gasteiger partial charge in [0.25, 0.3) is 0 Å². The van der Waals surface area contributed by atoms with Crippen LogP contribution in [0.2, 0.25) is 0 Å². The first-order valence-corrected chi connectivity index (χ1v) is 5.93. The highest BCUT2D eigenvalue weighted by molar-refractivity contribution is 5.85. The number of phenolic OH excluding ortho intramolecular Hbond substituents is 1. The molecule has 4 heteroatoms. The monoisotopic (exact) mass is 256 g/mol. The van der Waals surface area contributed by atoms with Crippen LogP contribution in [0.4, 0.5) is 5.69 Å². The maximum atomic E-state index is 9.90. The van der Waals surface area contributed by atoms with Crippen molar-refractivity contribution in [1.29, 1.82) is 0 Å². The first kappa shape index (κ1) is 13.0. The number of rotatable bonds is 4. The van der Waals surface area contributed by atoms with Gasteiger partial charge in [-0.25, -0.2) is 0 Å². The summed E-state index contributed by atoms with van der Waals surface area (Å²) in [7, 11) is 1.52. The molecular weight excluding hydrogens is 240 g/mol. The van der Waals surface area contributed by atoms with Gasteiger partial charge in [0.15, 0.2) is 11.5 Å². The third-order valence-corrected chi connectivity index (χ3v) is 2.78. The second-order valence-corrected chi connectivity index (χ2v) is 4.08. The molecule has 0 amide bonds. The van der Waals surface area contributed by atoms with E-state index < -0.39 is 0 Å². The van der Waals surface area contributed by atoms with E-state index in [1.807, 2.05) is 31.2 Å². The number of hydrazone groups is 1. The number of hydrogen-bond donors (Lipinski definition) is 2. The van der Waals surface area contributed by atoms with E-state index in [1.54, 1.807) is 24.4 Å². The van der Waals surface area contributed by atoms with Crippen LogP contribution >= 0.6 is 0 Å². The Morgan fingerprint density at radius 2 is 1.95 bits per heavy atom. The van der Waals surface area contributed by atoms with E-state index >= 15 is 0 Å². The van der Waals surface area contributed by atoms with Crippen molar-refractivity contribution in [2.45, 2.75) is 6.92 Å². The number of hydrogen-bond acceptors (Lipinski definition) is 4. The molecule has 98 valence electrons. The molecule has 0 fully saturated rings. The van der Waals surface area contributed by atoms with Gasteiger partial charge in [-0.2, -0.15) is 5.10 Å². The van der Waals surface area contributed by atoms with Crippen LogP contribution in [0.3, 0.4) is 0 Å². The van der Waals surface area contributed by atoms with Gasteiger partial charge in [-0.15, -0.1) is 0 Å². The molecule has 0 unspecified atom stereocenters. The van der Waals surface area contributed by atoms with Gasteiger partial charge in [-0.3, -0.25) is 5.43 Å². The predicted molar refractivity (Wildman–Crippen MR) is 77.1 cm³/mol. The zero-order chi connectivity index (χ0) is 13.7. The van der Waals surface area contributed by atoms with Crippen molar-refractivity contribution in [3.05, 3.63) is 53.6 Å². The molecule has 0 saturated heterocycles. The first-order chi connectivity index (χ1) is 9.22. The molecule has 4 nitrogen and oxygen atoms in total. The van der Waals surface area contributed by atoms with Crippen LogP contribution in [0.15, 0.2) is 47.6 Å². The number of aryl methyl sites for hydroxylation is 1. The Bertz CT molecular complexity index is 594. The van der Waals surface area contributed by atoms with Crippen LogP contribution in [0.25, 0.3) is 0 Å². The molecule has 2 N–H and O–H groups in total. The molecule has 2 aromatic rings. The van der Waals surface area contributed by atoms with E-state index in [4.69, 9.17) is 4.74 Å². The zero-order valence-electron chi connectivity index (χ0n) is 10.9. The molecule has 0 aromatic heterocycles. The minimum absolute atomic E-state index is 0.0836. The molecule has 0 heterocycles. The Balaban J connectivity index is 2.14. The quantitative estimate of drug-likeness (QED) is 0.652. The fourth-order valence-electron chi connectivity index (χ4n) is 1.68. The van der Waals surface area contributed by atoms with Crippen molar-refractivity contribution in [3.63, 3.8) is 0 Å². The normalized spacial score (nSPS) is 10.6. The highest BCUT2D eigenvalue weighted by Crippen LogP contribution is 2.28. The summed E-state index contributed by atoms with van der Waals surface area (Å²) in [5.41, 5.74) is 5.58. The smallest absolute Gasteiger partial charge is 0.166 e. The minimum atomic E-state index is 0.0836. The van der Waals surface area contributed by atoms with Gasteiger partial charge in [-0.05, 0) is 30.7 Å². The summed E-state index contributed by atoms with van der Waals surface area (Å²) in [6.07, 6.45) is 1.56. The van der Waals surface area contributed by atoms with Crippen LogP contribution in [-0.2, 0) is 0 Å². The SMILES string of the molecule is COc1cccc(C=NNc2ccccc2C)c1O. The number of benzene rings is 2. The molecule has 2 aromatic carbocycles. The van der Waals surface area contributed by atoms with Gasteiger partial charge in [-0.1, -0.05) is 24.3 Å². The summed E-state index contributed by atoms with van der Waals surface area (Å²) in [6.45, 7) is 2.00. The summed E-state index contributed by atoms with van der Waals surface area (Å²) in [5, 5.41) is 14.0. The van der Waals surface area contributed by atoms with Crippen molar-refractivity contribution >= 4 is 11.9 Å². The second-order valence-electron chi connectivity index (χ2n) is 4.08. The van der Waals surface area contributed by atoms with Crippen LogP contribution in [0.5, 0.6) is 11.5 Å². The van der Waals surface area contributed by atoms with Crippen molar-refractivity contribution in [3.8, 4) is 11.5 Å². The van der Waals surface area contributed by atoms with Gasteiger partial charge in [0, 0.05) is 5.56 Å². The molecule has 0 aliphatic carbocycles. The van der Waals surface area contributed by atoms with E-state index in [1.165, 1.54) is 7.11 Å². The summed E-state index contributed by atoms with van der Waals surface area (Å²) >= 11 is 0. The lowest BCUT2D eigenvalue weighted by molar-refractivity contribution is 0.373.